The van der Waals surface area contributed by atoms with Crippen molar-refractivity contribution < 1.29 is 14.2 Å². The summed E-state index contributed by atoms with van der Waals surface area (Å²) in [5.41, 5.74) is 1.30. The highest BCUT2D eigenvalue weighted by atomic mass is 16.7. The van der Waals surface area contributed by atoms with Crippen molar-refractivity contribution in [3.05, 3.63) is 0 Å². The van der Waals surface area contributed by atoms with E-state index in [1.54, 1.807) is 14.2 Å². The summed E-state index contributed by atoms with van der Waals surface area (Å²) >= 11 is 0. The van der Waals surface area contributed by atoms with Crippen LogP contribution in [-0.2, 0) is 14.2 Å². The molecule has 0 aromatic carbocycles. The average molecular weight is 343 g/mol. The van der Waals surface area contributed by atoms with Gasteiger partial charge in [-0.05, 0) is 43.9 Å². The van der Waals surface area contributed by atoms with Crippen LogP contribution in [0.1, 0.15) is 59.8 Å². The molecule has 142 valence electrons. The van der Waals surface area contributed by atoms with Gasteiger partial charge >= 0.3 is 0 Å². The third-order valence-corrected chi connectivity index (χ3v) is 5.06. The topological polar surface area (TPSA) is 43.3 Å². The smallest absolute Gasteiger partial charge is 0.146 e. The second-order valence-electron chi connectivity index (χ2n) is 6.99. The molecule has 1 fully saturated rings. The van der Waals surface area contributed by atoms with Crippen LogP contribution in [0.3, 0.4) is 0 Å². The second kappa shape index (κ2) is 11.8. The van der Waals surface area contributed by atoms with E-state index >= 15 is 0 Å². The fourth-order valence-corrected chi connectivity index (χ4v) is 3.68. The van der Waals surface area contributed by atoms with E-state index in [0.29, 0.717) is 24.7 Å². The van der Waals surface area contributed by atoms with E-state index in [9.17, 15) is 0 Å². The third-order valence-electron chi connectivity index (χ3n) is 5.06. The number of methoxy groups -OCH3 is 2. The van der Waals surface area contributed by atoms with Crippen LogP contribution >= 0.6 is 0 Å². The average Bonchev–Trinajstić information content (AvgIpc) is 3.00. The molecule has 0 aliphatic carbocycles. The first-order valence-corrected chi connectivity index (χ1v) is 9.50. The molecule has 0 spiro atoms. The van der Waals surface area contributed by atoms with Gasteiger partial charge in [-0.2, -0.15) is 5.10 Å². The maximum absolute atomic E-state index is 5.81. The molecule has 1 rings (SSSR count). The van der Waals surface area contributed by atoms with Gasteiger partial charge in [-0.25, -0.2) is 0 Å². The minimum atomic E-state index is 0.249. The molecule has 0 saturated carbocycles. The Balaban J connectivity index is 2.64. The Kier molecular flexibility index (Phi) is 10.5. The second-order valence-corrected chi connectivity index (χ2v) is 6.99. The van der Waals surface area contributed by atoms with Gasteiger partial charge in [0.15, 0.2) is 0 Å². The SMILES string of the molecule is CC/C(=N\N1CCC[C@H]1COC)[C@@H](C)C[C@H](C)[C@H](CC)OCOC. The van der Waals surface area contributed by atoms with Crippen molar-refractivity contribution >= 4 is 5.71 Å². The fraction of sp³-hybridized carbons (Fsp3) is 0.947. The Morgan fingerprint density at radius 3 is 2.54 bits per heavy atom. The first-order chi connectivity index (χ1) is 11.6. The molecule has 1 aliphatic heterocycles. The van der Waals surface area contributed by atoms with Crippen molar-refractivity contribution in [1.29, 1.82) is 0 Å². The molecule has 5 heteroatoms. The highest BCUT2D eigenvalue weighted by Crippen LogP contribution is 2.24. The molecule has 1 saturated heterocycles. The van der Waals surface area contributed by atoms with Gasteiger partial charge in [0.05, 0.1) is 18.8 Å². The van der Waals surface area contributed by atoms with Crippen LogP contribution in [-0.4, -0.2) is 57.0 Å². The first kappa shape index (κ1) is 21.4. The molecule has 4 atom stereocenters. The van der Waals surface area contributed by atoms with Crippen molar-refractivity contribution in [1.82, 2.24) is 5.01 Å². The van der Waals surface area contributed by atoms with E-state index in [-0.39, 0.29) is 6.10 Å². The molecule has 0 aromatic heterocycles. The van der Waals surface area contributed by atoms with Gasteiger partial charge in [0.2, 0.25) is 0 Å². The predicted octanol–water partition coefficient (Wildman–Crippen LogP) is 3.92. The number of rotatable bonds is 12. The van der Waals surface area contributed by atoms with Crippen LogP contribution in [0.5, 0.6) is 0 Å². The van der Waals surface area contributed by atoms with E-state index in [2.05, 4.69) is 32.7 Å². The van der Waals surface area contributed by atoms with Crippen molar-refractivity contribution in [2.24, 2.45) is 16.9 Å². The van der Waals surface area contributed by atoms with E-state index in [1.165, 1.54) is 18.6 Å². The Bertz CT molecular complexity index is 363. The van der Waals surface area contributed by atoms with E-state index in [4.69, 9.17) is 19.3 Å². The molecular formula is C19H38N2O3. The van der Waals surface area contributed by atoms with Gasteiger partial charge in [-0.15, -0.1) is 0 Å². The lowest BCUT2D eigenvalue weighted by atomic mass is 9.88. The van der Waals surface area contributed by atoms with Crippen LogP contribution in [0.25, 0.3) is 0 Å². The molecule has 0 bridgehead atoms. The van der Waals surface area contributed by atoms with Gasteiger partial charge in [-0.3, -0.25) is 5.01 Å². The van der Waals surface area contributed by atoms with Crippen LogP contribution < -0.4 is 0 Å². The number of hydrogen-bond donors (Lipinski definition) is 0. The monoisotopic (exact) mass is 342 g/mol. The van der Waals surface area contributed by atoms with Crippen LogP contribution in [0.15, 0.2) is 5.10 Å². The van der Waals surface area contributed by atoms with Crippen LogP contribution in [0.4, 0.5) is 0 Å². The molecule has 1 aliphatic rings. The van der Waals surface area contributed by atoms with Gasteiger partial charge < -0.3 is 14.2 Å². The summed E-state index contributed by atoms with van der Waals surface area (Å²) in [5, 5.41) is 7.25. The summed E-state index contributed by atoms with van der Waals surface area (Å²) < 4.78 is 16.2. The zero-order chi connectivity index (χ0) is 17.9. The zero-order valence-electron chi connectivity index (χ0n) is 16.6. The standard InChI is InChI=1S/C19H38N2O3/c1-7-18(20-21-11-9-10-17(21)13-22-5)15(3)12-16(4)19(8-2)24-14-23-6/h15-17,19H,7-14H2,1-6H3/b20-18+/t15-,16-,17-,19-/m0/s1. The fourth-order valence-electron chi connectivity index (χ4n) is 3.68. The quantitative estimate of drug-likeness (QED) is 0.398. The van der Waals surface area contributed by atoms with Crippen LogP contribution in [0, 0.1) is 11.8 Å². The summed E-state index contributed by atoms with van der Waals surface area (Å²) in [6.45, 7) is 11.2. The molecule has 24 heavy (non-hydrogen) atoms. The summed E-state index contributed by atoms with van der Waals surface area (Å²) in [7, 11) is 3.45. The minimum absolute atomic E-state index is 0.249. The number of hydrazone groups is 1. The Hall–Kier alpha value is -0.650. The maximum atomic E-state index is 5.81. The minimum Gasteiger partial charge on any atom is -0.382 e. The number of hydrogen-bond acceptors (Lipinski definition) is 5. The third kappa shape index (κ3) is 6.69. The molecule has 0 amide bonds. The highest BCUT2D eigenvalue weighted by Gasteiger charge is 2.25. The summed E-state index contributed by atoms with van der Waals surface area (Å²) in [5.74, 6) is 0.958. The predicted molar refractivity (Wildman–Crippen MR) is 99.3 cm³/mol. The summed E-state index contributed by atoms with van der Waals surface area (Å²) in [6, 6.07) is 0.439. The summed E-state index contributed by atoms with van der Waals surface area (Å²) in [6.07, 6.45) is 5.75. The van der Waals surface area contributed by atoms with E-state index < -0.39 is 0 Å². The van der Waals surface area contributed by atoms with Crippen molar-refractivity contribution in [2.45, 2.75) is 71.9 Å². The lowest BCUT2D eigenvalue weighted by Gasteiger charge is -2.28. The largest absolute Gasteiger partial charge is 0.382 e. The Labute approximate surface area is 148 Å². The summed E-state index contributed by atoms with van der Waals surface area (Å²) in [4.78, 5) is 0. The lowest BCUT2D eigenvalue weighted by molar-refractivity contribution is -0.0915. The molecule has 5 nitrogen and oxygen atoms in total. The maximum Gasteiger partial charge on any atom is 0.146 e. The van der Waals surface area contributed by atoms with Crippen molar-refractivity contribution in [3.8, 4) is 0 Å². The molecule has 0 unspecified atom stereocenters. The number of ether oxygens (including phenoxy) is 3. The van der Waals surface area contributed by atoms with E-state index in [0.717, 1.165) is 32.4 Å². The first-order valence-electron chi connectivity index (χ1n) is 9.50. The van der Waals surface area contributed by atoms with Crippen LogP contribution in [0.2, 0.25) is 0 Å². The molecule has 0 aromatic rings. The van der Waals surface area contributed by atoms with Crippen molar-refractivity contribution in [3.63, 3.8) is 0 Å². The Morgan fingerprint density at radius 1 is 1.21 bits per heavy atom. The lowest BCUT2D eigenvalue weighted by Crippen LogP contribution is -2.31. The Morgan fingerprint density at radius 2 is 1.96 bits per heavy atom. The zero-order valence-corrected chi connectivity index (χ0v) is 16.6. The number of nitrogens with zero attached hydrogens (tertiary/aromatic N) is 2. The highest BCUT2D eigenvalue weighted by molar-refractivity contribution is 5.86. The molecule has 1 heterocycles. The van der Waals surface area contributed by atoms with Crippen molar-refractivity contribution in [2.75, 3.05) is 34.2 Å². The van der Waals surface area contributed by atoms with Gasteiger partial charge in [0.25, 0.3) is 0 Å². The normalized spacial score (nSPS) is 22.7. The van der Waals surface area contributed by atoms with Gasteiger partial charge in [0.1, 0.15) is 6.79 Å². The van der Waals surface area contributed by atoms with Gasteiger partial charge in [-0.1, -0.05) is 27.7 Å². The van der Waals surface area contributed by atoms with E-state index in [1.807, 2.05) is 0 Å². The molecular weight excluding hydrogens is 304 g/mol. The van der Waals surface area contributed by atoms with Gasteiger partial charge in [0, 0.05) is 26.5 Å². The molecule has 0 radical (unpaired) electrons. The molecule has 0 N–H and O–H groups in total.